The number of fused-ring (bicyclic) bond motifs is 3. The number of halogens is 1. The molecule has 5 rings (SSSR count). The lowest BCUT2D eigenvalue weighted by Gasteiger charge is -2.36. The Kier molecular flexibility index (Phi) is 5.59. The molecule has 2 aliphatic rings. The van der Waals surface area contributed by atoms with Gasteiger partial charge in [-0.2, -0.15) is 0 Å². The van der Waals surface area contributed by atoms with E-state index in [2.05, 4.69) is 10.3 Å². The van der Waals surface area contributed by atoms with Gasteiger partial charge in [0.05, 0.1) is 36.9 Å². The number of carbonyl (C=O) groups excluding carboxylic acids is 2. The summed E-state index contributed by atoms with van der Waals surface area (Å²) in [4.78, 5) is 30.0. The van der Waals surface area contributed by atoms with Gasteiger partial charge >= 0.3 is 11.9 Å². The number of benzene rings is 2. The van der Waals surface area contributed by atoms with E-state index in [9.17, 15) is 9.59 Å². The second-order valence-corrected chi connectivity index (χ2v) is 8.38. The second kappa shape index (κ2) is 8.59. The Labute approximate surface area is 201 Å². The highest BCUT2D eigenvalue weighted by molar-refractivity contribution is 6.29. The maximum atomic E-state index is 13.0. The molecule has 3 heterocycles. The van der Waals surface area contributed by atoms with Crippen LogP contribution in [0.1, 0.15) is 11.6 Å². The molecule has 2 aliphatic heterocycles. The number of rotatable bonds is 6. The predicted octanol–water partition coefficient (Wildman–Crippen LogP) is 4.39. The number of carbonyl (C=O) groups is 2. The summed E-state index contributed by atoms with van der Waals surface area (Å²) in [6.07, 6.45) is 2.85. The number of pyridine rings is 1. The van der Waals surface area contributed by atoms with E-state index in [1.165, 1.54) is 14.2 Å². The molecule has 172 valence electrons. The van der Waals surface area contributed by atoms with Crippen LogP contribution in [0.5, 0.6) is 0 Å². The van der Waals surface area contributed by atoms with E-state index in [1.54, 1.807) is 18.2 Å². The molecule has 0 saturated heterocycles. The van der Waals surface area contributed by atoms with E-state index < -0.39 is 29.7 Å². The maximum Gasteiger partial charge on any atom is 0.337 e. The fourth-order valence-corrected chi connectivity index (χ4v) is 4.77. The topological polar surface area (TPSA) is 86.8 Å². The number of hydrogen-bond donors (Lipinski definition) is 1. The van der Waals surface area contributed by atoms with Crippen molar-refractivity contribution >= 4 is 40.1 Å². The highest BCUT2D eigenvalue weighted by Crippen LogP contribution is 2.51. The standard InChI is InChI=1S/C26H21ClN2O5/c1-32-24(30)21-19-12-13-26(34-19,22(21)25(31)33-2)23(28-17-6-4-3-5-7-17)16-8-10-18-15(14-16)9-11-20(27)29-18/h3-14,19,23,28H,1-2H3. The second-order valence-electron chi connectivity index (χ2n) is 7.99. The van der Waals surface area contributed by atoms with Crippen molar-refractivity contribution in [2.75, 3.05) is 19.5 Å². The van der Waals surface area contributed by atoms with E-state index in [-0.39, 0.29) is 11.1 Å². The molecule has 0 fully saturated rings. The first-order valence-electron chi connectivity index (χ1n) is 10.6. The van der Waals surface area contributed by atoms with Crippen LogP contribution in [0.4, 0.5) is 5.69 Å². The van der Waals surface area contributed by atoms with Crippen molar-refractivity contribution in [1.82, 2.24) is 4.98 Å². The molecule has 0 amide bonds. The average Bonchev–Trinajstić information content (AvgIpc) is 3.44. The van der Waals surface area contributed by atoms with Gasteiger partial charge in [0.1, 0.15) is 16.9 Å². The average molecular weight is 477 g/mol. The Balaban J connectivity index is 1.71. The third-order valence-corrected chi connectivity index (χ3v) is 6.32. The molecular weight excluding hydrogens is 456 g/mol. The normalized spacial score (nSPS) is 21.6. The Bertz CT molecular complexity index is 1350. The maximum absolute atomic E-state index is 13.0. The number of aromatic nitrogens is 1. The molecule has 0 saturated carbocycles. The molecule has 3 aromatic rings. The van der Waals surface area contributed by atoms with Crippen LogP contribution in [0.3, 0.4) is 0 Å². The fraction of sp³-hybridized carbons (Fsp3) is 0.192. The minimum Gasteiger partial charge on any atom is -0.466 e. The lowest BCUT2D eigenvalue weighted by atomic mass is 9.78. The van der Waals surface area contributed by atoms with Crippen molar-refractivity contribution in [2.24, 2.45) is 0 Å². The number of para-hydroxylation sites is 1. The van der Waals surface area contributed by atoms with Crippen LogP contribution < -0.4 is 5.32 Å². The summed E-state index contributed by atoms with van der Waals surface area (Å²) in [7, 11) is 2.55. The third-order valence-electron chi connectivity index (χ3n) is 6.11. The largest absolute Gasteiger partial charge is 0.466 e. The van der Waals surface area contributed by atoms with Crippen LogP contribution >= 0.6 is 11.6 Å². The summed E-state index contributed by atoms with van der Waals surface area (Å²) in [6.45, 7) is 0. The number of hydrogen-bond acceptors (Lipinski definition) is 7. The number of methoxy groups -OCH3 is 2. The minimum atomic E-state index is -1.30. The molecule has 34 heavy (non-hydrogen) atoms. The number of anilines is 1. The van der Waals surface area contributed by atoms with Crippen molar-refractivity contribution in [3.8, 4) is 0 Å². The number of nitrogens with zero attached hydrogens (tertiary/aromatic N) is 1. The molecule has 3 unspecified atom stereocenters. The lowest BCUT2D eigenvalue weighted by Crippen LogP contribution is -2.42. The van der Waals surface area contributed by atoms with Crippen LogP contribution in [0.25, 0.3) is 10.9 Å². The third kappa shape index (κ3) is 3.54. The van der Waals surface area contributed by atoms with E-state index in [0.717, 1.165) is 22.2 Å². The van der Waals surface area contributed by atoms with Crippen LogP contribution in [0.2, 0.25) is 5.15 Å². The van der Waals surface area contributed by atoms with Crippen molar-refractivity contribution in [2.45, 2.75) is 17.7 Å². The molecule has 8 heteroatoms. The number of ether oxygens (including phenoxy) is 3. The quantitative estimate of drug-likeness (QED) is 0.320. The van der Waals surface area contributed by atoms with Crippen molar-refractivity contribution in [3.05, 3.63) is 94.7 Å². The number of nitrogens with one attached hydrogen (secondary N) is 1. The van der Waals surface area contributed by atoms with Gasteiger partial charge in [0.15, 0.2) is 0 Å². The van der Waals surface area contributed by atoms with Gasteiger partial charge in [-0.15, -0.1) is 0 Å². The van der Waals surface area contributed by atoms with Crippen LogP contribution in [-0.4, -0.2) is 42.8 Å². The smallest absolute Gasteiger partial charge is 0.337 e. The molecule has 1 aromatic heterocycles. The van der Waals surface area contributed by atoms with Crippen molar-refractivity contribution in [3.63, 3.8) is 0 Å². The predicted molar refractivity (Wildman–Crippen MR) is 127 cm³/mol. The Morgan fingerprint density at radius 2 is 1.82 bits per heavy atom. The molecule has 1 N–H and O–H groups in total. The van der Waals surface area contributed by atoms with Gasteiger partial charge < -0.3 is 19.5 Å². The summed E-state index contributed by atoms with van der Waals surface area (Å²) < 4.78 is 16.4. The highest BCUT2D eigenvalue weighted by Gasteiger charge is 2.58. The highest BCUT2D eigenvalue weighted by atomic mass is 35.5. The zero-order chi connectivity index (χ0) is 23.9. The molecule has 0 radical (unpaired) electrons. The van der Waals surface area contributed by atoms with Crippen molar-refractivity contribution < 1.29 is 23.8 Å². The first-order valence-corrected chi connectivity index (χ1v) is 11.0. The van der Waals surface area contributed by atoms with E-state index in [1.807, 2.05) is 54.6 Å². The molecule has 2 bridgehead atoms. The molecular formula is C26H21ClN2O5. The van der Waals surface area contributed by atoms with Gasteiger partial charge in [-0.3, -0.25) is 0 Å². The Morgan fingerprint density at radius 1 is 1.06 bits per heavy atom. The van der Waals surface area contributed by atoms with E-state index in [4.69, 9.17) is 25.8 Å². The van der Waals surface area contributed by atoms with Gasteiger partial charge in [-0.25, -0.2) is 14.6 Å². The van der Waals surface area contributed by atoms with Crippen LogP contribution in [-0.2, 0) is 23.8 Å². The van der Waals surface area contributed by atoms with Gasteiger partial charge in [-0.1, -0.05) is 41.9 Å². The minimum absolute atomic E-state index is 0.122. The van der Waals surface area contributed by atoms with E-state index in [0.29, 0.717) is 5.15 Å². The molecule has 3 atom stereocenters. The van der Waals surface area contributed by atoms with Crippen LogP contribution in [0, 0.1) is 0 Å². The van der Waals surface area contributed by atoms with Gasteiger partial charge in [0, 0.05) is 11.1 Å². The SMILES string of the molecule is COC(=O)C1=C(C(=O)OC)C2(C(Nc3ccccc3)c3ccc4nc(Cl)ccc4c3)C=CC1O2. The Morgan fingerprint density at radius 3 is 2.56 bits per heavy atom. The van der Waals surface area contributed by atoms with Gasteiger partial charge in [-0.05, 0) is 48.0 Å². The summed E-state index contributed by atoms with van der Waals surface area (Å²) in [5, 5.41) is 4.77. The van der Waals surface area contributed by atoms with Crippen molar-refractivity contribution in [1.29, 1.82) is 0 Å². The summed E-state index contributed by atoms with van der Waals surface area (Å²) >= 11 is 6.06. The Hall–Kier alpha value is -3.68. The summed E-state index contributed by atoms with van der Waals surface area (Å²) in [5.41, 5.74) is 1.33. The molecule has 0 spiro atoms. The first kappa shape index (κ1) is 22.1. The first-order chi connectivity index (χ1) is 16.5. The molecule has 0 aliphatic carbocycles. The zero-order valence-corrected chi connectivity index (χ0v) is 19.2. The van der Waals surface area contributed by atoms with E-state index >= 15 is 0 Å². The zero-order valence-electron chi connectivity index (χ0n) is 18.4. The number of esters is 2. The van der Waals surface area contributed by atoms with Gasteiger partial charge in [0.25, 0.3) is 0 Å². The fourth-order valence-electron chi connectivity index (χ4n) is 4.62. The lowest BCUT2D eigenvalue weighted by molar-refractivity contribution is -0.139. The monoisotopic (exact) mass is 476 g/mol. The summed E-state index contributed by atoms with van der Waals surface area (Å²) in [6, 6.07) is 18.3. The summed E-state index contributed by atoms with van der Waals surface area (Å²) in [5.74, 6) is -1.28. The molecule has 7 nitrogen and oxygen atoms in total. The molecule has 2 aromatic carbocycles. The van der Waals surface area contributed by atoms with Crippen LogP contribution in [0.15, 0.2) is 84.0 Å². The van der Waals surface area contributed by atoms with Gasteiger partial charge in [0.2, 0.25) is 0 Å².